The van der Waals surface area contributed by atoms with Gasteiger partial charge in [0.25, 0.3) is 0 Å². The van der Waals surface area contributed by atoms with Crippen LogP contribution in [0, 0.1) is 11.3 Å². The largest absolute Gasteiger partial charge is 0.340 e. The van der Waals surface area contributed by atoms with Crippen molar-refractivity contribution in [2.24, 2.45) is 0 Å². The van der Waals surface area contributed by atoms with Crippen LogP contribution in [-0.2, 0) is 9.59 Å². The van der Waals surface area contributed by atoms with E-state index in [0.717, 1.165) is 32.7 Å². The van der Waals surface area contributed by atoms with Crippen molar-refractivity contribution >= 4 is 17.5 Å². The average Bonchev–Trinajstić information content (AvgIpc) is 2.62. The maximum Gasteiger partial charge on any atom is 0.224 e. The molecule has 1 fully saturated rings. The molecule has 1 saturated heterocycles. The van der Waals surface area contributed by atoms with Crippen molar-refractivity contribution in [3.8, 4) is 6.07 Å². The summed E-state index contributed by atoms with van der Waals surface area (Å²) in [5.41, 5.74) is 1.26. The Morgan fingerprint density at radius 1 is 1.17 bits per heavy atom. The normalized spacial score (nSPS) is 15.0. The van der Waals surface area contributed by atoms with Crippen LogP contribution in [0.3, 0.4) is 0 Å². The fraction of sp³-hybridized carbons (Fsp3) is 0.500. The molecule has 0 saturated carbocycles. The Morgan fingerprint density at radius 3 is 2.29 bits per heavy atom. The Kier molecular flexibility index (Phi) is 6.33. The molecule has 0 N–H and O–H groups in total. The van der Waals surface area contributed by atoms with Gasteiger partial charge in [-0.2, -0.15) is 5.26 Å². The van der Waals surface area contributed by atoms with Crippen LogP contribution >= 0.6 is 0 Å². The molecular formula is C18H24N4O2. The number of rotatable bonds is 5. The summed E-state index contributed by atoms with van der Waals surface area (Å²) in [5.74, 6) is -0.0195. The summed E-state index contributed by atoms with van der Waals surface area (Å²) in [6.45, 7) is 8.31. The molecule has 1 aromatic rings. The van der Waals surface area contributed by atoms with Gasteiger partial charge in [-0.3, -0.25) is 9.59 Å². The Bertz CT molecular complexity index is 613. The minimum atomic E-state index is -0.108. The SMILES string of the molecule is CCN1CCN(C(=O)CCN(C(C)=O)c2ccc(C#N)cc2)CC1. The van der Waals surface area contributed by atoms with Gasteiger partial charge in [0.15, 0.2) is 0 Å². The van der Waals surface area contributed by atoms with E-state index >= 15 is 0 Å². The summed E-state index contributed by atoms with van der Waals surface area (Å²) in [6.07, 6.45) is 0.311. The van der Waals surface area contributed by atoms with Crippen LogP contribution < -0.4 is 4.90 Å². The predicted octanol–water partition coefficient (Wildman–Crippen LogP) is 1.47. The summed E-state index contributed by atoms with van der Waals surface area (Å²) in [5, 5.41) is 8.85. The van der Waals surface area contributed by atoms with Gasteiger partial charge in [-0.05, 0) is 30.8 Å². The van der Waals surface area contributed by atoms with Crippen molar-refractivity contribution in [2.45, 2.75) is 20.3 Å². The maximum absolute atomic E-state index is 12.4. The zero-order chi connectivity index (χ0) is 17.5. The predicted molar refractivity (Wildman–Crippen MR) is 92.5 cm³/mol. The molecule has 1 heterocycles. The van der Waals surface area contributed by atoms with Gasteiger partial charge in [0, 0.05) is 51.8 Å². The van der Waals surface area contributed by atoms with Crippen LogP contribution in [0.15, 0.2) is 24.3 Å². The molecule has 0 aliphatic carbocycles. The monoisotopic (exact) mass is 328 g/mol. The number of amides is 2. The molecule has 6 heteroatoms. The van der Waals surface area contributed by atoms with E-state index in [1.807, 2.05) is 4.90 Å². The number of hydrogen-bond donors (Lipinski definition) is 0. The number of carbonyl (C=O) groups is 2. The highest BCUT2D eigenvalue weighted by Gasteiger charge is 2.21. The number of carbonyl (C=O) groups excluding carboxylic acids is 2. The van der Waals surface area contributed by atoms with Crippen molar-refractivity contribution in [1.29, 1.82) is 5.26 Å². The zero-order valence-corrected chi connectivity index (χ0v) is 14.4. The van der Waals surface area contributed by atoms with Crippen molar-refractivity contribution in [1.82, 2.24) is 9.80 Å². The summed E-state index contributed by atoms with van der Waals surface area (Å²) in [7, 11) is 0. The first-order valence-corrected chi connectivity index (χ1v) is 8.33. The third-order valence-corrected chi connectivity index (χ3v) is 4.41. The number of nitrogens with zero attached hydrogens (tertiary/aromatic N) is 4. The smallest absolute Gasteiger partial charge is 0.224 e. The third kappa shape index (κ3) is 4.56. The number of nitriles is 1. The minimum Gasteiger partial charge on any atom is -0.340 e. The first kappa shape index (κ1) is 18.0. The van der Waals surface area contributed by atoms with Crippen LogP contribution in [0.2, 0.25) is 0 Å². The molecule has 24 heavy (non-hydrogen) atoms. The summed E-state index contributed by atoms with van der Waals surface area (Å²) < 4.78 is 0. The number of benzene rings is 1. The van der Waals surface area contributed by atoms with E-state index < -0.39 is 0 Å². The van der Waals surface area contributed by atoms with Gasteiger partial charge in [0.1, 0.15) is 0 Å². The molecule has 6 nitrogen and oxygen atoms in total. The topological polar surface area (TPSA) is 67.7 Å². The second-order valence-corrected chi connectivity index (χ2v) is 5.89. The van der Waals surface area contributed by atoms with E-state index in [2.05, 4.69) is 17.9 Å². The Balaban J connectivity index is 1.92. The molecule has 0 radical (unpaired) electrons. The van der Waals surface area contributed by atoms with Crippen molar-refractivity contribution in [3.05, 3.63) is 29.8 Å². The number of likely N-dealkylation sites (N-methyl/N-ethyl adjacent to an activating group) is 1. The Labute approximate surface area is 143 Å². The van der Waals surface area contributed by atoms with Crippen LogP contribution in [0.25, 0.3) is 0 Å². The highest BCUT2D eigenvalue weighted by molar-refractivity contribution is 5.92. The molecule has 1 aliphatic rings. The van der Waals surface area contributed by atoms with E-state index in [1.165, 1.54) is 6.92 Å². The lowest BCUT2D eigenvalue weighted by Gasteiger charge is -2.34. The fourth-order valence-electron chi connectivity index (χ4n) is 2.86. The van der Waals surface area contributed by atoms with Crippen molar-refractivity contribution < 1.29 is 9.59 Å². The van der Waals surface area contributed by atoms with Crippen LogP contribution in [0.5, 0.6) is 0 Å². The minimum absolute atomic E-state index is 0.0886. The first-order chi connectivity index (χ1) is 11.5. The molecule has 2 amide bonds. The number of hydrogen-bond acceptors (Lipinski definition) is 4. The van der Waals surface area contributed by atoms with Gasteiger partial charge in [-0.15, -0.1) is 0 Å². The first-order valence-electron chi connectivity index (χ1n) is 8.33. The van der Waals surface area contributed by atoms with E-state index in [1.54, 1.807) is 29.2 Å². The molecule has 0 atom stereocenters. The van der Waals surface area contributed by atoms with Crippen LogP contribution in [0.4, 0.5) is 5.69 Å². The second kappa shape index (κ2) is 8.46. The standard InChI is InChI=1S/C18H24N4O2/c1-3-20-10-12-21(13-11-20)18(24)8-9-22(15(2)23)17-6-4-16(14-19)5-7-17/h4-7H,3,8-13H2,1-2H3. The fourth-order valence-corrected chi connectivity index (χ4v) is 2.86. The lowest BCUT2D eigenvalue weighted by Crippen LogP contribution is -2.49. The molecule has 0 spiro atoms. The van der Waals surface area contributed by atoms with Crippen molar-refractivity contribution in [3.63, 3.8) is 0 Å². The molecule has 1 aromatic carbocycles. The van der Waals surface area contributed by atoms with Gasteiger partial charge in [-0.1, -0.05) is 6.92 Å². The van der Waals surface area contributed by atoms with E-state index in [0.29, 0.717) is 24.2 Å². The molecule has 128 valence electrons. The molecule has 0 bridgehead atoms. The van der Waals surface area contributed by atoms with Crippen molar-refractivity contribution in [2.75, 3.05) is 44.2 Å². The quantitative estimate of drug-likeness (QED) is 0.821. The highest BCUT2D eigenvalue weighted by atomic mass is 16.2. The van der Waals surface area contributed by atoms with Gasteiger partial charge in [-0.25, -0.2) is 0 Å². The molecule has 2 rings (SSSR count). The highest BCUT2D eigenvalue weighted by Crippen LogP contribution is 2.16. The van der Waals surface area contributed by atoms with Gasteiger partial charge in [0.05, 0.1) is 11.6 Å². The zero-order valence-electron chi connectivity index (χ0n) is 14.4. The second-order valence-electron chi connectivity index (χ2n) is 5.89. The molecule has 0 unspecified atom stereocenters. The van der Waals surface area contributed by atoms with E-state index in [-0.39, 0.29) is 11.8 Å². The summed E-state index contributed by atoms with van der Waals surface area (Å²) in [6, 6.07) is 8.89. The lowest BCUT2D eigenvalue weighted by molar-refractivity contribution is -0.132. The summed E-state index contributed by atoms with van der Waals surface area (Å²) >= 11 is 0. The Morgan fingerprint density at radius 2 is 1.79 bits per heavy atom. The third-order valence-electron chi connectivity index (χ3n) is 4.41. The number of anilines is 1. The van der Waals surface area contributed by atoms with E-state index in [9.17, 15) is 9.59 Å². The van der Waals surface area contributed by atoms with Gasteiger partial charge >= 0.3 is 0 Å². The Hall–Kier alpha value is -2.39. The lowest BCUT2D eigenvalue weighted by atomic mass is 10.2. The van der Waals surface area contributed by atoms with Crippen LogP contribution in [0.1, 0.15) is 25.8 Å². The number of piperazine rings is 1. The van der Waals surface area contributed by atoms with E-state index in [4.69, 9.17) is 5.26 Å². The summed E-state index contributed by atoms with van der Waals surface area (Å²) in [4.78, 5) is 30.1. The molecular weight excluding hydrogens is 304 g/mol. The average molecular weight is 328 g/mol. The van der Waals surface area contributed by atoms with Gasteiger partial charge in [0.2, 0.25) is 11.8 Å². The van der Waals surface area contributed by atoms with Gasteiger partial charge < -0.3 is 14.7 Å². The van der Waals surface area contributed by atoms with Crippen LogP contribution in [-0.4, -0.2) is 60.9 Å². The molecule has 1 aliphatic heterocycles. The molecule has 0 aromatic heterocycles. The maximum atomic E-state index is 12.4.